The highest BCUT2D eigenvalue weighted by Crippen LogP contribution is 2.34. The molecule has 1 aromatic rings. The molecule has 1 aliphatic rings. The topological polar surface area (TPSA) is 70.8 Å². The molecule has 0 amide bonds. The van der Waals surface area contributed by atoms with E-state index < -0.39 is 6.10 Å². The van der Waals surface area contributed by atoms with Crippen LogP contribution in [0.1, 0.15) is 12.0 Å². The predicted molar refractivity (Wildman–Crippen MR) is 107 cm³/mol. The van der Waals surface area contributed by atoms with Crippen molar-refractivity contribution in [3.05, 3.63) is 29.8 Å². The van der Waals surface area contributed by atoms with Gasteiger partial charge < -0.3 is 15.3 Å². The van der Waals surface area contributed by atoms with Crippen molar-refractivity contribution in [2.45, 2.75) is 37.3 Å². The maximum absolute atomic E-state index is 11.2. The Morgan fingerprint density at radius 2 is 1.95 bits per heavy atom. The van der Waals surface area contributed by atoms with Crippen molar-refractivity contribution in [3.8, 4) is 0 Å². The van der Waals surface area contributed by atoms with Gasteiger partial charge in [0.2, 0.25) is 0 Å². The lowest BCUT2D eigenvalue weighted by Gasteiger charge is -2.38. The van der Waals surface area contributed by atoms with Gasteiger partial charge in [-0.25, -0.2) is 0 Å². The van der Waals surface area contributed by atoms with Gasteiger partial charge in [0.25, 0.3) is 0 Å². The van der Waals surface area contributed by atoms with Gasteiger partial charge in [-0.1, -0.05) is 12.1 Å². The van der Waals surface area contributed by atoms with Crippen LogP contribution in [0.15, 0.2) is 24.3 Å². The van der Waals surface area contributed by atoms with Crippen molar-refractivity contribution < 1.29 is 17.9 Å². The lowest BCUT2D eigenvalue weighted by molar-refractivity contribution is -0.153. The average molecular weight is 567 g/mol. The first-order valence-corrected chi connectivity index (χ1v) is 13.1. The third-order valence-corrected chi connectivity index (χ3v) is 5.28. The molecule has 4 atom stereocenters. The fourth-order valence-electron chi connectivity index (χ4n) is 2.40. The molecule has 0 radical (unpaired) electrons. The van der Waals surface area contributed by atoms with Crippen LogP contribution in [-0.4, -0.2) is 30.7 Å². The van der Waals surface area contributed by atoms with Gasteiger partial charge in [-0.15, -0.1) is 0 Å². The molecule has 5 nitrogen and oxygen atoms in total. The number of anilines is 1. The van der Waals surface area contributed by atoms with Crippen LogP contribution in [0.5, 0.6) is 0 Å². The smallest absolute Gasteiger partial charge is 0.148 e. The van der Waals surface area contributed by atoms with E-state index in [2.05, 4.69) is 42.4 Å². The number of nitrogen functional groups attached to an aromatic ring is 1. The lowest BCUT2D eigenvalue weighted by Crippen LogP contribution is -2.50. The van der Waals surface area contributed by atoms with Crippen LogP contribution in [0, 0.1) is 0 Å². The third kappa shape index (κ3) is 5.38. The number of carbonyl (C=O) groups excluding carboxylic acids is 1. The molecule has 1 aromatic carbocycles. The number of hydrogen-bond donors (Lipinski definition) is 1. The first kappa shape index (κ1) is 19.1. The zero-order valence-electron chi connectivity index (χ0n) is 11.4. The second-order valence-electron chi connectivity index (χ2n) is 4.85. The first-order valence-electron chi connectivity index (χ1n) is 6.51. The van der Waals surface area contributed by atoms with E-state index in [4.69, 9.17) is 18.8 Å². The predicted octanol–water partition coefficient (Wildman–Crippen LogP) is 3.93. The van der Waals surface area contributed by atoms with Crippen molar-refractivity contribution in [2.24, 2.45) is 0 Å². The van der Waals surface area contributed by atoms with E-state index in [-0.39, 0.29) is 18.3 Å². The number of rotatable bonds is 7. The second kappa shape index (κ2) is 9.89. The number of halogens is 2. The molecule has 3 unspecified atom stereocenters. The first-order chi connectivity index (χ1) is 10.7. The third-order valence-electron chi connectivity index (χ3n) is 3.42. The van der Waals surface area contributed by atoms with E-state index in [1.165, 1.54) is 18.4 Å². The van der Waals surface area contributed by atoms with Gasteiger partial charge in [-0.2, -0.15) is 0 Å². The van der Waals surface area contributed by atoms with Crippen molar-refractivity contribution in [1.82, 2.24) is 0 Å². The Kier molecular flexibility index (Phi) is 8.57. The van der Waals surface area contributed by atoms with E-state index >= 15 is 0 Å². The molecular weight excluding hydrogens is 552 g/mol. The van der Waals surface area contributed by atoms with E-state index in [0.29, 0.717) is 12.8 Å². The zero-order chi connectivity index (χ0) is 15.9. The highest BCUT2D eigenvalue weighted by molar-refractivity contribution is 14.2. The van der Waals surface area contributed by atoms with Crippen LogP contribution < -0.4 is 5.73 Å². The molecule has 0 aromatic heterocycles. The molecule has 9 heteroatoms. The minimum atomic E-state index is -0.466. The molecule has 0 bridgehead atoms. The van der Waals surface area contributed by atoms with Crippen LogP contribution in [-0.2, 0) is 24.3 Å². The Morgan fingerprint density at radius 1 is 1.27 bits per heavy atom. The Labute approximate surface area is 162 Å². The van der Waals surface area contributed by atoms with Crippen LogP contribution in [0.4, 0.5) is 5.69 Å². The molecule has 22 heavy (non-hydrogen) atoms. The Morgan fingerprint density at radius 3 is 2.55 bits per heavy atom. The molecule has 2 rings (SSSR count). The lowest BCUT2D eigenvalue weighted by atomic mass is 9.94. The van der Waals surface area contributed by atoms with Gasteiger partial charge >= 0.3 is 0 Å². The monoisotopic (exact) mass is 567 g/mol. The Balaban J connectivity index is 2.15. The van der Waals surface area contributed by atoms with Gasteiger partial charge in [0, 0.05) is 60.9 Å². The zero-order valence-corrected chi connectivity index (χ0v) is 17.3. The standard InChI is InChI=1S/C13H15I2NO4S2/c14-21-19-12-6-10(7-17)18-11(13(12)20-22-15)5-8-1-3-9(16)4-2-8/h1-4,7,10-13H,5-6,16H2/t10?,11-,12?,13?/m1/s1. The second-order valence-corrected chi connectivity index (χ2v) is 7.65. The number of carbonyl (C=O) groups is 1. The van der Waals surface area contributed by atoms with Gasteiger partial charge in [-0.3, -0.25) is 8.37 Å². The molecule has 2 N–H and O–H groups in total. The molecule has 1 heterocycles. The summed E-state index contributed by atoms with van der Waals surface area (Å²) in [7, 11) is 2.50. The maximum Gasteiger partial charge on any atom is 0.148 e. The normalized spacial score (nSPS) is 28.5. The summed E-state index contributed by atoms with van der Waals surface area (Å²) < 4.78 is 17.3. The minimum Gasteiger partial charge on any atom is -0.399 e. The highest BCUT2D eigenvalue weighted by atomic mass is 127. The summed E-state index contributed by atoms with van der Waals surface area (Å²) in [6, 6.07) is 7.63. The van der Waals surface area contributed by atoms with Crippen LogP contribution in [0.25, 0.3) is 0 Å². The number of aldehydes is 1. The quantitative estimate of drug-likeness (QED) is 0.232. The van der Waals surface area contributed by atoms with Crippen LogP contribution in [0.2, 0.25) is 0 Å². The summed E-state index contributed by atoms with van der Waals surface area (Å²) in [6.07, 6.45) is 0.828. The number of ether oxygens (including phenoxy) is 1. The number of benzene rings is 1. The molecule has 0 saturated carbocycles. The van der Waals surface area contributed by atoms with Crippen molar-refractivity contribution in [3.63, 3.8) is 0 Å². The van der Waals surface area contributed by atoms with Crippen LogP contribution >= 0.6 is 60.8 Å². The summed E-state index contributed by atoms with van der Waals surface area (Å²) in [5, 5.41) is 0. The molecule has 1 aliphatic heterocycles. The minimum absolute atomic E-state index is 0.188. The molecule has 0 spiro atoms. The maximum atomic E-state index is 11.2. The van der Waals surface area contributed by atoms with Gasteiger partial charge in [0.15, 0.2) is 0 Å². The van der Waals surface area contributed by atoms with Gasteiger partial charge in [0.1, 0.15) is 24.6 Å². The number of nitrogens with two attached hydrogens (primary N) is 1. The van der Waals surface area contributed by atoms with Gasteiger partial charge in [0.05, 0.1) is 24.5 Å². The van der Waals surface area contributed by atoms with Crippen molar-refractivity contribution in [2.75, 3.05) is 5.73 Å². The summed E-state index contributed by atoms with van der Waals surface area (Å²) in [6.45, 7) is 0. The largest absolute Gasteiger partial charge is 0.399 e. The Bertz CT molecular complexity index is 480. The van der Waals surface area contributed by atoms with E-state index in [1.807, 2.05) is 24.3 Å². The van der Waals surface area contributed by atoms with Crippen LogP contribution in [0.3, 0.4) is 0 Å². The molecule has 122 valence electrons. The molecule has 0 aliphatic carbocycles. The van der Waals surface area contributed by atoms with Crippen molar-refractivity contribution in [1.29, 1.82) is 0 Å². The molecular formula is C13H15I2NO4S2. The van der Waals surface area contributed by atoms with Gasteiger partial charge in [-0.05, 0) is 17.7 Å². The Hall–Kier alpha value is 0.730. The summed E-state index contributed by atoms with van der Waals surface area (Å²) in [4.78, 5) is 11.2. The summed E-state index contributed by atoms with van der Waals surface area (Å²) >= 11 is 4.15. The SMILES string of the molecule is Nc1ccc(C[C@H]2OC(C=O)CC(OSI)C2OSI)cc1. The fraction of sp³-hybridized carbons (Fsp3) is 0.462. The summed E-state index contributed by atoms with van der Waals surface area (Å²) in [5.74, 6) is 0. The molecule has 1 saturated heterocycles. The van der Waals surface area contributed by atoms with Crippen molar-refractivity contribution >= 4 is 72.8 Å². The summed E-state index contributed by atoms with van der Waals surface area (Å²) in [5.41, 5.74) is 7.51. The van der Waals surface area contributed by atoms with E-state index in [0.717, 1.165) is 17.5 Å². The number of hydrogen-bond acceptors (Lipinski definition) is 7. The van der Waals surface area contributed by atoms with E-state index in [9.17, 15) is 4.79 Å². The molecule has 1 fully saturated rings. The van der Waals surface area contributed by atoms with E-state index in [1.54, 1.807) is 0 Å². The highest BCUT2D eigenvalue weighted by Gasteiger charge is 2.41. The fourth-order valence-corrected chi connectivity index (χ4v) is 4.54. The average Bonchev–Trinajstić information content (AvgIpc) is 2.52.